The second kappa shape index (κ2) is 8.09. The van der Waals surface area contributed by atoms with E-state index in [1.54, 1.807) is 0 Å². The highest BCUT2D eigenvalue weighted by Gasteiger charge is 2.47. The topological polar surface area (TPSA) is 59.0 Å². The molecule has 1 amide bonds. The lowest BCUT2D eigenvalue weighted by molar-refractivity contribution is -0.173. The number of halogens is 3. The van der Waals surface area contributed by atoms with E-state index in [0.717, 1.165) is 26.9 Å². The Morgan fingerprint density at radius 2 is 1.90 bits per heavy atom. The van der Waals surface area contributed by atoms with Crippen molar-refractivity contribution in [2.24, 2.45) is 0 Å². The van der Waals surface area contributed by atoms with Gasteiger partial charge in [-0.25, -0.2) is 4.68 Å². The van der Waals surface area contributed by atoms with Crippen LogP contribution < -0.4 is 10.6 Å². The van der Waals surface area contributed by atoms with E-state index in [1.165, 1.54) is 6.20 Å². The van der Waals surface area contributed by atoms with E-state index < -0.39 is 24.2 Å². The van der Waals surface area contributed by atoms with Gasteiger partial charge in [-0.1, -0.05) is 59.7 Å². The maximum atomic E-state index is 13.8. The molecule has 4 rings (SSSR count). The molecular weight excluding hydrogens is 405 g/mol. The van der Waals surface area contributed by atoms with Crippen molar-refractivity contribution in [1.82, 2.24) is 15.1 Å². The van der Waals surface area contributed by atoms with Crippen molar-refractivity contribution in [3.63, 3.8) is 0 Å². The third kappa shape index (κ3) is 4.42. The Bertz CT molecular complexity index is 1090. The van der Waals surface area contributed by atoms with Crippen LogP contribution in [-0.4, -0.2) is 21.9 Å². The maximum absolute atomic E-state index is 13.8. The number of alkyl halides is 3. The van der Waals surface area contributed by atoms with Crippen LogP contribution in [0.2, 0.25) is 0 Å². The number of anilines is 1. The Morgan fingerprint density at radius 1 is 1.16 bits per heavy atom. The molecule has 2 unspecified atom stereocenters. The van der Waals surface area contributed by atoms with Gasteiger partial charge in [0.2, 0.25) is 0 Å². The lowest BCUT2D eigenvalue weighted by Gasteiger charge is -2.34. The van der Waals surface area contributed by atoms with Gasteiger partial charge in [0.1, 0.15) is 11.4 Å². The zero-order chi connectivity index (χ0) is 22.2. The summed E-state index contributed by atoms with van der Waals surface area (Å²) in [5.74, 6) is -0.387. The first-order chi connectivity index (χ1) is 14.7. The molecule has 162 valence electrons. The highest BCUT2D eigenvalue weighted by atomic mass is 19.4. The molecule has 5 nitrogen and oxygen atoms in total. The number of hydrogen-bond acceptors (Lipinski definition) is 3. The quantitative estimate of drug-likeness (QED) is 0.609. The Labute approximate surface area is 178 Å². The van der Waals surface area contributed by atoms with Crippen LogP contribution in [0.3, 0.4) is 0 Å². The Kier molecular flexibility index (Phi) is 5.47. The summed E-state index contributed by atoms with van der Waals surface area (Å²) in [6.07, 6.45) is -3.49. The van der Waals surface area contributed by atoms with Crippen molar-refractivity contribution in [2.45, 2.75) is 45.1 Å². The number of carbonyl (C=O) groups excluding carboxylic acids is 1. The van der Waals surface area contributed by atoms with Gasteiger partial charge in [-0.2, -0.15) is 18.3 Å². The van der Waals surface area contributed by atoms with E-state index in [-0.39, 0.29) is 24.3 Å². The van der Waals surface area contributed by atoms with Crippen molar-refractivity contribution in [1.29, 1.82) is 0 Å². The molecule has 3 aromatic rings. The molecule has 2 aromatic carbocycles. The minimum absolute atomic E-state index is 0.0842. The molecule has 0 spiro atoms. The van der Waals surface area contributed by atoms with Crippen LogP contribution in [0.4, 0.5) is 19.0 Å². The SMILES string of the molecule is Cc1ccc(C2CC(C(F)(F)F)n3ncc(C(=O)NCc4cccc(C)c4)c3N2)cc1. The smallest absolute Gasteiger partial charge is 0.363 e. The average Bonchev–Trinajstić information content (AvgIpc) is 3.15. The van der Waals surface area contributed by atoms with Crippen LogP contribution >= 0.6 is 0 Å². The summed E-state index contributed by atoms with van der Waals surface area (Å²) in [6.45, 7) is 4.14. The minimum atomic E-state index is -4.48. The molecule has 1 aromatic heterocycles. The molecular formula is C23H23F3N4O. The number of nitrogens with one attached hydrogen (secondary N) is 2. The van der Waals surface area contributed by atoms with Gasteiger partial charge >= 0.3 is 6.18 Å². The second-order valence-corrected chi connectivity index (χ2v) is 7.92. The summed E-state index contributed by atoms with van der Waals surface area (Å²) in [6, 6.07) is 12.6. The van der Waals surface area contributed by atoms with Crippen LogP contribution in [0.15, 0.2) is 54.7 Å². The van der Waals surface area contributed by atoms with E-state index in [4.69, 9.17) is 0 Å². The molecule has 31 heavy (non-hydrogen) atoms. The molecule has 0 fully saturated rings. The van der Waals surface area contributed by atoms with E-state index in [1.807, 2.05) is 62.4 Å². The molecule has 2 atom stereocenters. The van der Waals surface area contributed by atoms with Gasteiger partial charge in [-0.15, -0.1) is 0 Å². The molecule has 0 aliphatic carbocycles. The van der Waals surface area contributed by atoms with Gasteiger partial charge in [0.05, 0.1) is 12.2 Å². The number of aromatic nitrogens is 2. The number of hydrogen-bond donors (Lipinski definition) is 2. The number of carbonyl (C=O) groups is 1. The zero-order valence-corrected chi connectivity index (χ0v) is 17.2. The third-order valence-electron chi connectivity index (χ3n) is 5.50. The summed E-state index contributed by atoms with van der Waals surface area (Å²) < 4.78 is 42.3. The molecule has 0 saturated heterocycles. The van der Waals surface area contributed by atoms with Gasteiger partial charge in [0, 0.05) is 13.0 Å². The third-order valence-corrected chi connectivity index (χ3v) is 5.50. The number of fused-ring (bicyclic) bond motifs is 1. The standard InChI is InChI=1S/C23H23F3N4O/c1-14-6-8-17(9-7-14)19-11-20(23(24,25)26)30-21(29-19)18(13-28-30)22(31)27-12-16-5-3-4-15(2)10-16/h3-10,13,19-20,29H,11-12H2,1-2H3,(H,27,31). The number of nitrogens with zero attached hydrogens (tertiary/aromatic N) is 2. The van der Waals surface area contributed by atoms with E-state index in [9.17, 15) is 18.0 Å². The molecule has 2 N–H and O–H groups in total. The Hall–Kier alpha value is -3.29. The van der Waals surface area contributed by atoms with Crippen LogP contribution in [0.1, 0.15) is 51.1 Å². The summed E-state index contributed by atoms with van der Waals surface area (Å²) in [5.41, 5.74) is 3.82. The van der Waals surface area contributed by atoms with Crippen molar-refractivity contribution >= 4 is 11.7 Å². The molecule has 8 heteroatoms. The summed E-state index contributed by atoms with van der Waals surface area (Å²) in [5, 5.41) is 9.80. The van der Waals surface area contributed by atoms with Crippen molar-refractivity contribution in [3.05, 3.63) is 82.5 Å². The zero-order valence-electron chi connectivity index (χ0n) is 17.2. The first kappa shape index (κ1) is 21.0. The first-order valence-corrected chi connectivity index (χ1v) is 10.0. The van der Waals surface area contributed by atoms with Gasteiger partial charge in [0.15, 0.2) is 6.04 Å². The van der Waals surface area contributed by atoms with Crippen molar-refractivity contribution in [3.8, 4) is 0 Å². The molecule has 1 aliphatic rings. The summed E-state index contributed by atoms with van der Waals surface area (Å²) in [7, 11) is 0. The molecule has 2 heterocycles. The van der Waals surface area contributed by atoms with Crippen molar-refractivity contribution in [2.75, 3.05) is 5.32 Å². The highest BCUT2D eigenvalue weighted by molar-refractivity contribution is 5.98. The van der Waals surface area contributed by atoms with Crippen molar-refractivity contribution < 1.29 is 18.0 Å². The number of aryl methyl sites for hydroxylation is 2. The van der Waals surface area contributed by atoms with E-state index in [0.29, 0.717) is 0 Å². The Morgan fingerprint density at radius 3 is 2.58 bits per heavy atom. The summed E-state index contributed by atoms with van der Waals surface area (Å²) >= 11 is 0. The minimum Gasteiger partial charge on any atom is -0.363 e. The predicted molar refractivity (Wildman–Crippen MR) is 112 cm³/mol. The summed E-state index contributed by atoms with van der Waals surface area (Å²) in [4.78, 5) is 12.8. The number of amides is 1. The molecule has 1 aliphatic heterocycles. The Balaban J connectivity index is 1.61. The normalized spacial score (nSPS) is 18.2. The maximum Gasteiger partial charge on any atom is 0.410 e. The largest absolute Gasteiger partial charge is 0.410 e. The predicted octanol–water partition coefficient (Wildman–Crippen LogP) is 5.09. The van der Waals surface area contributed by atoms with Gasteiger partial charge in [-0.3, -0.25) is 4.79 Å². The fraction of sp³-hybridized carbons (Fsp3) is 0.304. The molecule has 0 bridgehead atoms. The van der Waals surface area contributed by atoms with Crippen LogP contribution in [-0.2, 0) is 6.54 Å². The van der Waals surface area contributed by atoms with Crippen LogP contribution in [0.25, 0.3) is 0 Å². The van der Waals surface area contributed by atoms with Gasteiger partial charge in [0.25, 0.3) is 5.91 Å². The number of rotatable bonds is 4. The highest BCUT2D eigenvalue weighted by Crippen LogP contribution is 2.44. The monoisotopic (exact) mass is 428 g/mol. The second-order valence-electron chi connectivity index (χ2n) is 7.92. The van der Waals surface area contributed by atoms with Gasteiger partial charge in [-0.05, 0) is 25.0 Å². The van der Waals surface area contributed by atoms with Gasteiger partial charge < -0.3 is 10.6 Å². The molecule has 0 saturated carbocycles. The van der Waals surface area contributed by atoms with E-state index >= 15 is 0 Å². The molecule has 0 radical (unpaired) electrons. The fourth-order valence-corrected chi connectivity index (χ4v) is 3.85. The number of benzene rings is 2. The van der Waals surface area contributed by atoms with Crippen LogP contribution in [0, 0.1) is 13.8 Å². The lowest BCUT2D eigenvalue weighted by Crippen LogP contribution is -2.36. The van der Waals surface area contributed by atoms with Crippen LogP contribution in [0.5, 0.6) is 0 Å². The van der Waals surface area contributed by atoms with E-state index in [2.05, 4.69) is 15.7 Å². The first-order valence-electron chi connectivity index (χ1n) is 10.0. The average molecular weight is 428 g/mol. The lowest BCUT2D eigenvalue weighted by atomic mass is 9.96. The fourth-order valence-electron chi connectivity index (χ4n) is 3.85.